The predicted octanol–water partition coefficient (Wildman–Crippen LogP) is 3.20. The van der Waals surface area contributed by atoms with Gasteiger partial charge in [0.2, 0.25) is 0 Å². The topological polar surface area (TPSA) is 64.3 Å². The van der Waals surface area contributed by atoms with E-state index in [-0.39, 0.29) is 6.04 Å². The highest BCUT2D eigenvalue weighted by molar-refractivity contribution is 5.75. The van der Waals surface area contributed by atoms with Gasteiger partial charge >= 0.3 is 5.97 Å². The number of likely N-dealkylation sites (tertiary alicyclic amines) is 1. The van der Waals surface area contributed by atoms with E-state index >= 15 is 0 Å². The number of carbonyl (C=O) groups is 1. The van der Waals surface area contributed by atoms with Crippen molar-refractivity contribution in [3.63, 3.8) is 0 Å². The lowest BCUT2D eigenvalue weighted by Gasteiger charge is -2.42. The second kappa shape index (κ2) is 6.28. The number of benzene rings is 1. The lowest BCUT2D eigenvalue weighted by molar-refractivity contribution is -0.153. The van der Waals surface area contributed by atoms with Crippen LogP contribution in [0, 0.1) is 16.7 Å². The Morgan fingerprint density at radius 2 is 2.14 bits per heavy atom. The van der Waals surface area contributed by atoms with E-state index in [0.717, 1.165) is 24.9 Å². The molecule has 1 aliphatic heterocycles. The molecule has 1 aromatic rings. The van der Waals surface area contributed by atoms with Crippen molar-refractivity contribution >= 4 is 5.97 Å². The summed E-state index contributed by atoms with van der Waals surface area (Å²) >= 11 is 0. The van der Waals surface area contributed by atoms with Crippen molar-refractivity contribution in [2.24, 2.45) is 5.41 Å². The second-order valence-electron chi connectivity index (χ2n) is 5.92. The fourth-order valence-electron chi connectivity index (χ4n) is 3.16. The molecule has 2 atom stereocenters. The normalized spacial score (nSPS) is 24.2. The highest BCUT2D eigenvalue weighted by Gasteiger charge is 2.41. The third-order valence-electron chi connectivity index (χ3n) is 4.81. The fraction of sp³-hybridized carbons (Fsp3) is 0.529. The van der Waals surface area contributed by atoms with Crippen LogP contribution >= 0.6 is 0 Å². The first-order valence-corrected chi connectivity index (χ1v) is 7.50. The van der Waals surface area contributed by atoms with Crippen molar-refractivity contribution in [1.82, 2.24) is 4.90 Å². The largest absolute Gasteiger partial charge is 0.481 e. The van der Waals surface area contributed by atoms with Gasteiger partial charge in [-0.25, -0.2) is 0 Å². The average molecular weight is 286 g/mol. The lowest BCUT2D eigenvalue weighted by Crippen LogP contribution is -2.48. The van der Waals surface area contributed by atoms with E-state index in [4.69, 9.17) is 5.26 Å². The predicted molar refractivity (Wildman–Crippen MR) is 80.7 cm³/mol. The summed E-state index contributed by atoms with van der Waals surface area (Å²) in [6.45, 7) is 5.59. The Hall–Kier alpha value is -1.86. The number of hydrogen-bond acceptors (Lipinski definition) is 3. The van der Waals surface area contributed by atoms with E-state index < -0.39 is 11.4 Å². The first kappa shape index (κ1) is 15.5. The van der Waals surface area contributed by atoms with Crippen LogP contribution in [0.1, 0.15) is 50.3 Å². The van der Waals surface area contributed by atoms with Gasteiger partial charge in [-0.3, -0.25) is 9.69 Å². The Balaban J connectivity index is 2.16. The van der Waals surface area contributed by atoms with Crippen molar-refractivity contribution in [2.75, 3.05) is 13.1 Å². The van der Waals surface area contributed by atoms with Crippen molar-refractivity contribution < 1.29 is 9.90 Å². The zero-order valence-electron chi connectivity index (χ0n) is 12.7. The van der Waals surface area contributed by atoms with Crippen LogP contribution in [-0.4, -0.2) is 29.1 Å². The quantitative estimate of drug-likeness (QED) is 0.923. The number of hydrogen-bond donors (Lipinski definition) is 1. The van der Waals surface area contributed by atoms with Crippen molar-refractivity contribution in [3.05, 3.63) is 35.4 Å². The maximum Gasteiger partial charge on any atom is 0.310 e. The number of nitriles is 1. The minimum Gasteiger partial charge on any atom is -0.481 e. The molecule has 0 bridgehead atoms. The van der Waals surface area contributed by atoms with Crippen LogP contribution in [0.4, 0.5) is 0 Å². The molecule has 1 aliphatic rings. The smallest absolute Gasteiger partial charge is 0.310 e. The van der Waals surface area contributed by atoms with Crippen molar-refractivity contribution in [3.8, 4) is 6.07 Å². The van der Waals surface area contributed by atoms with Gasteiger partial charge in [0, 0.05) is 12.6 Å². The number of carboxylic acid groups (broad SMARTS) is 1. The zero-order valence-corrected chi connectivity index (χ0v) is 12.7. The summed E-state index contributed by atoms with van der Waals surface area (Å²) < 4.78 is 0. The monoisotopic (exact) mass is 286 g/mol. The fourth-order valence-corrected chi connectivity index (χ4v) is 3.16. The van der Waals surface area contributed by atoms with E-state index in [0.29, 0.717) is 18.5 Å². The number of aliphatic carboxylic acids is 1. The summed E-state index contributed by atoms with van der Waals surface area (Å²) in [5.74, 6) is -0.679. The molecule has 2 rings (SSSR count). The molecular formula is C17H22N2O2. The molecule has 0 saturated carbocycles. The lowest BCUT2D eigenvalue weighted by atomic mass is 9.77. The average Bonchev–Trinajstić information content (AvgIpc) is 2.54. The summed E-state index contributed by atoms with van der Waals surface area (Å²) in [5, 5.41) is 18.4. The van der Waals surface area contributed by atoms with Gasteiger partial charge in [0.15, 0.2) is 0 Å². The first-order chi connectivity index (χ1) is 10.0. The Morgan fingerprint density at radius 3 is 2.67 bits per heavy atom. The summed E-state index contributed by atoms with van der Waals surface area (Å²) in [4.78, 5) is 13.9. The summed E-state index contributed by atoms with van der Waals surface area (Å²) in [6.07, 6.45) is 2.34. The summed E-state index contributed by atoms with van der Waals surface area (Å²) in [5.41, 5.74) is 1.17. The van der Waals surface area contributed by atoms with Crippen LogP contribution in [0.2, 0.25) is 0 Å². The first-order valence-electron chi connectivity index (χ1n) is 7.50. The molecule has 21 heavy (non-hydrogen) atoms. The molecule has 0 aromatic heterocycles. The number of rotatable bonds is 4. The minimum absolute atomic E-state index is 0.170. The van der Waals surface area contributed by atoms with E-state index in [1.807, 2.05) is 31.2 Å². The molecule has 0 spiro atoms. The molecule has 1 saturated heterocycles. The van der Waals surface area contributed by atoms with E-state index in [9.17, 15) is 9.90 Å². The van der Waals surface area contributed by atoms with Gasteiger partial charge in [-0.05, 0) is 50.4 Å². The van der Waals surface area contributed by atoms with E-state index in [1.165, 1.54) is 0 Å². The SMILES string of the molecule is CCC1(C(=O)O)CCCN(C(C)c2ccc(C#N)cc2)C1. The van der Waals surface area contributed by atoms with Gasteiger partial charge in [0.25, 0.3) is 0 Å². The van der Waals surface area contributed by atoms with Crippen LogP contribution in [0.3, 0.4) is 0 Å². The zero-order chi connectivity index (χ0) is 15.5. The maximum absolute atomic E-state index is 11.6. The van der Waals surface area contributed by atoms with Gasteiger partial charge in [-0.15, -0.1) is 0 Å². The third-order valence-corrected chi connectivity index (χ3v) is 4.81. The number of nitrogens with zero attached hydrogens (tertiary/aromatic N) is 2. The van der Waals surface area contributed by atoms with Gasteiger partial charge in [0.05, 0.1) is 17.0 Å². The number of piperidine rings is 1. The van der Waals surface area contributed by atoms with Gasteiger partial charge < -0.3 is 5.11 Å². The third kappa shape index (κ3) is 3.08. The van der Waals surface area contributed by atoms with Crippen LogP contribution in [0.5, 0.6) is 0 Å². The molecule has 112 valence electrons. The van der Waals surface area contributed by atoms with Crippen LogP contribution in [0.25, 0.3) is 0 Å². The molecule has 1 aromatic carbocycles. The molecule has 1 heterocycles. The Morgan fingerprint density at radius 1 is 1.48 bits per heavy atom. The van der Waals surface area contributed by atoms with Gasteiger partial charge in [-0.2, -0.15) is 5.26 Å². The highest BCUT2D eigenvalue weighted by Crippen LogP contribution is 2.37. The molecule has 1 N–H and O–H groups in total. The second-order valence-corrected chi connectivity index (χ2v) is 5.92. The molecule has 1 fully saturated rings. The standard InChI is InChI=1S/C17H22N2O2/c1-3-17(16(20)21)9-4-10-19(12-17)13(2)15-7-5-14(11-18)6-8-15/h5-8,13H,3-4,9-10,12H2,1-2H3,(H,20,21). The summed E-state index contributed by atoms with van der Waals surface area (Å²) in [6, 6.07) is 9.86. The van der Waals surface area contributed by atoms with Gasteiger partial charge in [-0.1, -0.05) is 19.1 Å². The maximum atomic E-state index is 11.6. The Bertz CT molecular complexity index is 547. The Labute approximate surface area is 126 Å². The minimum atomic E-state index is -0.679. The van der Waals surface area contributed by atoms with Gasteiger partial charge in [0.1, 0.15) is 0 Å². The molecule has 0 radical (unpaired) electrons. The summed E-state index contributed by atoms with van der Waals surface area (Å²) in [7, 11) is 0. The highest BCUT2D eigenvalue weighted by atomic mass is 16.4. The molecule has 4 heteroatoms. The molecule has 0 amide bonds. The number of carboxylic acids is 1. The van der Waals surface area contributed by atoms with E-state index in [1.54, 1.807) is 0 Å². The van der Waals surface area contributed by atoms with Crippen molar-refractivity contribution in [1.29, 1.82) is 5.26 Å². The molecular weight excluding hydrogens is 264 g/mol. The van der Waals surface area contributed by atoms with Crippen LogP contribution in [-0.2, 0) is 4.79 Å². The van der Waals surface area contributed by atoms with E-state index in [2.05, 4.69) is 17.9 Å². The molecule has 2 unspecified atom stereocenters. The molecule has 0 aliphatic carbocycles. The van der Waals surface area contributed by atoms with Crippen LogP contribution in [0.15, 0.2) is 24.3 Å². The Kier molecular flexibility index (Phi) is 4.64. The molecule has 4 nitrogen and oxygen atoms in total. The van der Waals surface area contributed by atoms with Crippen LogP contribution < -0.4 is 0 Å². The van der Waals surface area contributed by atoms with Crippen molar-refractivity contribution in [2.45, 2.75) is 39.2 Å².